The summed E-state index contributed by atoms with van der Waals surface area (Å²) in [6.45, 7) is 2.52. The van der Waals surface area contributed by atoms with Gasteiger partial charge >= 0.3 is 5.97 Å². The fourth-order valence-corrected chi connectivity index (χ4v) is 1.83. The van der Waals surface area contributed by atoms with Crippen LogP contribution in [0.25, 0.3) is 0 Å². The Hall–Kier alpha value is -1.30. The monoisotopic (exact) mass is 317 g/mol. The molecule has 0 saturated carbocycles. The molecule has 0 aliphatic carbocycles. The molecule has 0 fully saturated rings. The first-order valence-electron chi connectivity index (χ1n) is 5.68. The summed E-state index contributed by atoms with van der Waals surface area (Å²) >= 11 is 3.24. The summed E-state index contributed by atoms with van der Waals surface area (Å²) in [6.07, 6.45) is 1.96. The number of nitrogens with zero attached hydrogens (tertiary/aromatic N) is 1. The number of methoxy groups -OCH3 is 1. The van der Waals surface area contributed by atoms with Gasteiger partial charge in [0.2, 0.25) is 0 Å². The minimum absolute atomic E-state index is 0.120. The standard InChI is InChI=1S/C12H16BrNO4/c1-3-4-5-18-9-6-10(13)14(11(15)7-9)8-12(16)17-2/h6-7H,3-5,8H2,1-2H3. The Morgan fingerprint density at radius 3 is 2.72 bits per heavy atom. The Kier molecular flexibility index (Phi) is 5.91. The molecule has 0 atom stereocenters. The third kappa shape index (κ3) is 4.18. The normalized spacial score (nSPS) is 10.2. The number of hydrogen-bond acceptors (Lipinski definition) is 4. The lowest BCUT2D eigenvalue weighted by Gasteiger charge is -2.10. The van der Waals surface area contributed by atoms with Gasteiger partial charge in [-0.3, -0.25) is 14.2 Å². The van der Waals surface area contributed by atoms with Crippen LogP contribution in [0.2, 0.25) is 0 Å². The number of esters is 1. The minimum atomic E-state index is -0.475. The molecule has 0 N–H and O–H groups in total. The number of hydrogen-bond donors (Lipinski definition) is 0. The zero-order valence-electron chi connectivity index (χ0n) is 10.4. The molecule has 100 valence electrons. The predicted molar refractivity (Wildman–Crippen MR) is 70.8 cm³/mol. The van der Waals surface area contributed by atoms with Crippen molar-refractivity contribution in [3.05, 3.63) is 27.1 Å². The number of carbonyl (C=O) groups is 1. The molecule has 0 saturated heterocycles. The first-order valence-corrected chi connectivity index (χ1v) is 6.47. The van der Waals surface area contributed by atoms with Crippen LogP contribution in [0.4, 0.5) is 0 Å². The van der Waals surface area contributed by atoms with E-state index in [1.165, 1.54) is 17.7 Å². The maximum absolute atomic E-state index is 11.8. The highest BCUT2D eigenvalue weighted by Gasteiger charge is 2.09. The van der Waals surface area contributed by atoms with Crippen molar-refractivity contribution in [2.75, 3.05) is 13.7 Å². The zero-order valence-corrected chi connectivity index (χ0v) is 12.0. The first-order chi connectivity index (χ1) is 8.58. The second-order valence-electron chi connectivity index (χ2n) is 3.72. The molecule has 0 unspecified atom stereocenters. The molecule has 1 rings (SSSR count). The number of unbranched alkanes of at least 4 members (excludes halogenated alkanes) is 1. The van der Waals surface area contributed by atoms with Gasteiger partial charge in [-0.05, 0) is 22.4 Å². The lowest BCUT2D eigenvalue weighted by atomic mass is 10.3. The van der Waals surface area contributed by atoms with Crippen molar-refractivity contribution in [3.8, 4) is 5.75 Å². The van der Waals surface area contributed by atoms with E-state index in [2.05, 4.69) is 27.6 Å². The molecule has 0 radical (unpaired) electrons. The number of ether oxygens (including phenoxy) is 2. The second kappa shape index (κ2) is 7.20. The molecule has 0 aliphatic heterocycles. The number of rotatable bonds is 6. The molecule has 6 heteroatoms. The average Bonchev–Trinajstić information content (AvgIpc) is 2.34. The van der Waals surface area contributed by atoms with Crippen molar-refractivity contribution < 1.29 is 14.3 Å². The van der Waals surface area contributed by atoms with Gasteiger partial charge in [0.1, 0.15) is 12.3 Å². The van der Waals surface area contributed by atoms with E-state index in [9.17, 15) is 9.59 Å². The van der Waals surface area contributed by atoms with Gasteiger partial charge < -0.3 is 9.47 Å². The molecule has 1 aromatic rings. The van der Waals surface area contributed by atoms with Crippen LogP contribution in [0.1, 0.15) is 19.8 Å². The van der Waals surface area contributed by atoms with Gasteiger partial charge in [0.05, 0.1) is 18.3 Å². The summed E-state index contributed by atoms with van der Waals surface area (Å²) in [5.41, 5.74) is -0.304. The van der Waals surface area contributed by atoms with Crippen molar-refractivity contribution in [3.63, 3.8) is 0 Å². The molecule has 0 amide bonds. The van der Waals surface area contributed by atoms with Crippen LogP contribution < -0.4 is 10.3 Å². The summed E-state index contributed by atoms with van der Waals surface area (Å²) in [7, 11) is 1.28. The van der Waals surface area contributed by atoms with Gasteiger partial charge in [0, 0.05) is 12.1 Å². The Bertz CT molecular complexity index is 470. The van der Waals surface area contributed by atoms with Crippen molar-refractivity contribution in [2.45, 2.75) is 26.3 Å². The highest BCUT2D eigenvalue weighted by Crippen LogP contribution is 2.16. The topological polar surface area (TPSA) is 57.5 Å². The number of pyridine rings is 1. The Balaban J connectivity index is 2.84. The molecule has 18 heavy (non-hydrogen) atoms. The van der Waals surface area contributed by atoms with Gasteiger partial charge in [-0.2, -0.15) is 0 Å². The van der Waals surface area contributed by atoms with E-state index in [1.807, 2.05) is 0 Å². The molecule has 1 aromatic heterocycles. The zero-order chi connectivity index (χ0) is 13.5. The third-order valence-corrected chi connectivity index (χ3v) is 2.99. The van der Waals surface area contributed by atoms with Crippen molar-refractivity contribution in [2.24, 2.45) is 0 Å². The van der Waals surface area contributed by atoms with Crippen molar-refractivity contribution >= 4 is 21.9 Å². The van der Waals surface area contributed by atoms with E-state index in [1.54, 1.807) is 6.07 Å². The van der Waals surface area contributed by atoms with Gasteiger partial charge in [-0.15, -0.1) is 0 Å². The van der Waals surface area contributed by atoms with Gasteiger partial charge in [-0.25, -0.2) is 0 Å². The van der Waals surface area contributed by atoms with E-state index in [4.69, 9.17) is 4.74 Å². The molecule has 0 aromatic carbocycles. The van der Waals surface area contributed by atoms with E-state index in [-0.39, 0.29) is 12.1 Å². The molecule has 5 nitrogen and oxygen atoms in total. The molecule has 0 aliphatic rings. The fraction of sp³-hybridized carbons (Fsp3) is 0.500. The SMILES string of the molecule is CCCCOc1cc(Br)n(CC(=O)OC)c(=O)c1. The van der Waals surface area contributed by atoms with Crippen molar-refractivity contribution in [1.82, 2.24) is 4.57 Å². The van der Waals surface area contributed by atoms with Crippen LogP contribution in [-0.2, 0) is 16.1 Å². The molecule has 0 spiro atoms. The average molecular weight is 318 g/mol. The Morgan fingerprint density at radius 1 is 1.44 bits per heavy atom. The molecular weight excluding hydrogens is 302 g/mol. The second-order valence-corrected chi connectivity index (χ2v) is 4.53. The van der Waals surface area contributed by atoms with Crippen LogP contribution in [0.15, 0.2) is 21.5 Å². The quantitative estimate of drug-likeness (QED) is 0.457. The molecular formula is C12H16BrNO4. The fourth-order valence-electron chi connectivity index (χ4n) is 1.31. The predicted octanol–water partition coefficient (Wildman–Crippen LogP) is 1.96. The lowest BCUT2D eigenvalue weighted by Crippen LogP contribution is -2.25. The van der Waals surface area contributed by atoms with Crippen LogP contribution in [-0.4, -0.2) is 24.3 Å². The Morgan fingerprint density at radius 2 is 2.17 bits per heavy atom. The number of carbonyl (C=O) groups excluding carboxylic acids is 1. The summed E-state index contributed by atoms with van der Waals surface area (Å²) in [5, 5.41) is 0. The van der Waals surface area contributed by atoms with E-state index in [0.29, 0.717) is 17.0 Å². The van der Waals surface area contributed by atoms with Crippen LogP contribution in [0, 0.1) is 0 Å². The van der Waals surface area contributed by atoms with Gasteiger partial charge in [0.15, 0.2) is 0 Å². The van der Waals surface area contributed by atoms with E-state index < -0.39 is 5.97 Å². The third-order valence-electron chi connectivity index (χ3n) is 2.33. The largest absolute Gasteiger partial charge is 0.493 e. The van der Waals surface area contributed by atoms with E-state index in [0.717, 1.165) is 12.8 Å². The number of aromatic nitrogens is 1. The minimum Gasteiger partial charge on any atom is -0.493 e. The highest BCUT2D eigenvalue weighted by molar-refractivity contribution is 9.10. The maximum Gasteiger partial charge on any atom is 0.325 e. The summed E-state index contributed by atoms with van der Waals surface area (Å²) < 4.78 is 11.7. The number of halogens is 1. The van der Waals surface area contributed by atoms with E-state index >= 15 is 0 Å². The lowest BCUT2D eigenvalue weighted by molar-refractivity contribution is -0.141. The molecule has 1 heterocycles. The van der Waals surface area contributed by atoms with Gasteiger partial charge in [-0.1, -0.05) is 13.3 Å². The van der Waals surface area contributed by atoms with Crippen LogP contribution >= 0.6 is 15.9 Å². The first kappa shape index (κ1) is 14.8. The Labute approximate surface area is 114 Å². The summed E-state index contributed by atoms with van der Waals surface area (Å²) in [4.78, 5) is 22.9. The molecule has 0 bridgehead atoms. The van der Waals surface area contributed by atoms with Crippen LogP contribution in [0.5, 0.6) is 5.75 Å². The smallest absolute Gasteiger partial charge is 0.325 e. The highest BCUT2D eigenvalue weighted by atomic mass is 79.9. The van der Waals surface area contributed by atoms with Crippen molar-refractivity contribution in [1.29, 1.82) is 0 Å². The maximum atomic E-state index is 11.8. The summed E-state index contributed by atoms with van der Waals surface area (Å²) in [6, 6.07) is 3.03. The van der Waals surface area contributed by atoms with Gasteiger partial charge in [0.25, 0.3) is 5.56 Å². The van der Waals surface area contributed by atoms with Crippen LogP contribution in [0.3, 0.4) is 0 Å². The summed E-state index contributed by atoms with van der Waals surface area (Å²) in [5.74, 6) is 0.0268.